The van der Waals surface area contributed by atoms with Gasteiger partial charge in [0.1, 0.15) is 11.3 Å². The van der Waals surface area contributed by atoms with Gasteiger partial charge >= 0.3 is 6.03 Å². The van der Waals surface area contributed by atoms with Gasteiger partial charge in [-0.2, -0.15) is 0 Å². The van der Waals surface area contributed by atoms with Gasteiger partial charge in [0.25, 0.3) is 5.91 Å². The summed E-state index contributed by atoms with van der Waals surface area (Å²) in [5, 5.41) is 5.02. The molecule has 2 atom stereocenters. The maximum absolute atomic E-state index is 13.3. The standard InChI is InChI=1S/C21H25N3O3S/c1-4-17-16-9-11-28-18(16)8-10-23(17)13-24-19(25)21(2,22-20(24)26)14-6-5-7-15(12-14)27-3/h5-7,9,11-12,17H,4,8,10,13H2,1-3H3,(H,22,26)/t17-,21-/m1/s1. The number of urea groups is 1. The summed E-state index contributed by atoms with van der Waals surface area (Å²) in [5.41, 5.74) is 0.969. The predicted molar refractivity (Wildman–Crippen MR) is 108 cm³/mol. The SMILES string of the molecule is CC[C@@H]1c2ccsc2CCN1CN1C(=O)N[C@](C)(c2cccc(OC)c2)C1=O. The zero-order valence-electron chi connectivity index (χ0n) is 16.4. The molecule has 1 N–H and O–H groups in total. The van der Waals surface area contributed by atoms with Crippen LogP contribution in [-0.4, -0.2) is 42.1 Å². The molecule has 148 valence electrons. The lowest BCUT2D eigenvalue weighted by Gasteiger charge is -2.37. The first-order chi connectivity index (χ1) is 13.5. The summed E-state index contributed by atoms with van der Waals surface area (Å²) in [7, 11) is 1.59. The van der Waals surface area contributed by atoms with Crippen molar-refractivity contribution in [2.45, 2.75) is 38.3 Å². The topological polar surface area (TPSA) is 61.9 Å². The lowest BCUT2D eigenvalue weighted by atomic mass is 9.92. The highest BCUT2D eigenvalue weighted by Gasteiger charge is 2.50. The number of amides is 3. The van der Waals surface area contributed by atoms with Crippen LogP contribution < -0.4 is 10.1 Å². The van der Waals surface area contributed by atoms with Crippen LogP contribution in [0.1, 0.15) is 42.3 Å². The van der Waals surface area contributed by atoms with Crippen molar-refractivity contribution in [1.82, 2.24) is 15.1 Å². The van der Waals surface area contributed by atoms with Crippen LogP contribution in [0.3, 0.4) is 0 Å². The summed E-state index contributed by atoms with van der Waals surface area (Å²) < 4.78 is 5.28. The van der Waals surface area contributed by atoms with E-state index in [-0.39, 0.29) is 18.0 Å². The van der Waals surface area contributed by atoms with E-state index in [1.165, 1.54) is 15.3 Å². The maximum atomic E-state index is 13.3. The number of benzene rings is 1. The molecule has 2 aliphatic heterocycles. The Labute approximate surface area is 169 Å². The number of nitrogens with zero attached hydrogens (tertiary/aromatic N) is 2. The molecule has 7 heteroatoms. The molecule has 28 heavy (non-hydrogen) atoms. The van der Waals surface area contributed by atoms with Gasteiger partial charge < -0.3 is 10.1 Å². The zero-order valence-corrected chi connectivity index (χ0v) is 17.2. The van der Waals surface area contributed by atoms with Crippen molar-refractivity contribution in [3.05, 3.63) is 51.7 Å². The molecule has 2 aromatic rings. The zero-order chi connectivity index (χ0) is 19.9. The largest absolute Gasteiger partial charge is 0.497 e. The fraction of sp³-hybridized carbons (Fsp3) is 0.429. The van der Waals surface area contributed by atoms with Gasteiger partial charge in [-0.1, -0.05) is 19.1 Å². The number of carbonyl (C=O) groups excluding carboxylic acids is 2. The molecule has 0 aliphatic carbocycles. The highest BCUT2D eigenvalue weighted by Crippen LogP contribution is 2.37. The number of imide groups is 1. The Morgan fingerprint density at radius 1 is 1.32 bits per heavy atom. The number of hydrogen-bond acceptors (Lipinski definition) is 5. The Kier molecular flexibility index (Phi) is 4.89. The van der Waals surface area contributed by atoms with Crippen molar-refractivity contribution in [2.24, 2.45) is 0 Å². The second-order valence-electron chi connectivity index (χ2n) is 7.45. The molecule has 1 saturated heterocycles. The minimum Gasteiger partial charge on any atom is -0.497 e. The Morgan fingerprint density at radius 3 is 2.89 bits per heavy atom. The molecule has 2 aliphatic rings. The molecule has 3 heterocycles. The van der Waals surface area contributed by atoms with E-state index in [9.17, 15) is 9.59 Å². The van der Waals surface area contributed by atoms with Gasteiger partial charge in [0, 0.05) is 17.5 Å². The first-order valence-electron chi connectivity index (χ1n) is 9.57. The van der Waals surface area contributed by atoms with Crippen molar-refractivity contribution >= 4 is 23.3 Å². The van der Waals surface area contributed by atoms with E-state index in [0.717, 1.165) is 24.9 Å². The van der Waals surface area contributed by atoms with Crippen LogP contribution >= 0.6 is 11.3 Å². The second kappa shape index (κ2) is 7.22. The van der Waals surface area contributed by atoms with Gasteiger partial charge in [0.2, 0.25) is 0 Å². The van der Waals surface area contributed by atoms with Crippen molar-refractivity contribution in [1.29, 1.82) is 0 Å². The fourth-order valence-corrected chi connectivity index (χ4v) is 5.16. The van der Waals surface area contributed by atoms with Crippen LogP contribution in [0.5, 0.6) is 5.75 Å². The third kappa shape index (κ3) is 2.99. The normalized spacial score (nSPS) is 25.0. The summed E-state index contributed by atoms with van der Waals surface area (Å²) in [6.45, 7) is 5.06. The second-order valence-corrected chi connectivity index (χ2v) is 8.45. The van der Waals surface area contributed by atoms with E-state index in [0.29, 0.717) is 12.4 Å². The van der Waals surface area contributed by atoms with Crippen molar-refractivity contribution in [2.75, 3.05) is 20.3 Å². The summed E-state index contributed by atoms with van der Waals surface area (Å²) in [6.07, 6.45) is 1.90. The molecule has 0 bridgehead atoms. The number of ether oxygens (including phenoxy) is 1. The summed E-state index contributed by atoms with van der Waals surface area (Å²) in [5.74, 6) is 0.433. The van der Waals surface area contributed by atoms with Crippen molar-refractivity contribution in [3.63, 3.8) is 0 Å². The van der Waals surface area contributed by atoms with Crippen LogP contribution in [0.15, 0.2) is 35.7 Å². The third-order valence-corrected chi connectivity index (χ3v) is 6.83. The molecule has 0 spiro atoms. The van der Waals surface area contributed by atoms with Gasteiger partial charge in [-0.3, -0.25) is 9.69 Å². The number of hydrogen-bond donors (Lipinski definition) is 1. The highest BCUT2D eigenvalue weighted by molar-refractivity contribution is 7.10. The number of methoxy groups -OCH3 is 1. The fourth-order valence-electron chi connectivity index (χ4n) is 4.23. The smallest absolute Gasteiger partial charge is 0.326 e. The highest BCUT2D eigenvalue weighted by atomic mass is 32.1. The minimum atomic E-state index is -1.09. The molecule has 0 saturated carbocycles. The van der Waals surface area contributed by atoms with Gasteiger partial charge in [-0.05, 0) is 54.5 Å². The first-order valence-corrected chi connectivity index (χ1v) is 10.4. The minimum absolute atomic E-state index is 0.225. The van der Waals surface area contributed by atoms with E-state index in [1.807, 2.05) is 18.2 Å². The van der Waals surface area contributed by atoms with Crippen LogP contribution in [-0.2, 0) is 16.8 Å². The van der Waals surface area contributed by atoms with Gasteiger partial charge in [-0.15, -0.1) is 11.3 Å². The Bertz CT molecular complexity index is 912. The monoisotopic (exact) mass is 399 g/mol. The third-order valence-electron chi connectivity index (χ3n) is 5.84. The predicted octanol–water partition coefficient (Wildman–Crippen LogP) is 3.49. The van der Waals surface area contributed by atoms with Crippen LogP contribution in [0.2, 0.25) is 0 Å². The van der Waals surface area contributed by atoms with Crippen LogP contribution in [0, 0.1) is 0 Å². The van der Waals surface area contributed by atoms with Gasteiger partial charge in [0.15, 0.2) is 0 Å². The number of rotatable bonds is 5. The Morgan fingerprint density at radius 2 is 2.14 bits per heavy atom. The average Bonchev–Trinajstić information content (AvgIpc) is 3.27. The lowest BCUT2D eigenvalue weighted by molar-refractivity contribution is -0.133. The molecule has 0 radical (unpaired) electrons. The molecule has 1 fully saturated rings. The molecule has 1 aromatic carbocycles. The summed E-state index contributed by atoms with van der Waals surface area (Å²) in [4.78, 5) is 31.0. The quantitative estimate of drug-likeness (QED) is 0.782. The van der Waals surface area contributed by atoms with Gasteiger partial charge in [0.05, 0.1) is 13.8 Å². The molecule has 1 aromatic heterocycles. The van der Waals surface area contributed by atoms with Crippen LogP contribution in [0.4, 0.5) is 4.79 Å². The van der Waals surface area contributed by atoms with E-state index in [4.69, 9.17) is 4.74 Å². The van der Waals surface area contributed by atoms with Crippen molar-refractivity contribution < 1.29 is 14.3 Å². The van der Waals surface area contributed by atoms with E-state index in [1.54, 1.807) is 31.4 Å². The van der Waals surface area contributed by atoms with Gasteiger partial charge in [-0.25, -0.2) is 9.69 Å². The number of carbonyl (C=O) groups is 2. The molecule has 6 nitrogen and oxygen atoms in total. The first kappa shape index (κ1) is 19.0. The number of nitrogens with one attached hydrogen (secondary N) is 1. The lowest BCUT2D eigenvalue weighted by Crippen LogP contribution is -2.46. The Hall–Kier alpha value is -2.38. The van der Waals surface area contributed by atoms with E-state index in [2.05, 4.69) is 28.6 Å². The molecular weight excluding hydrogens is 374 g/mol. The van der Waals surface area contributed by atoms with E-state index >= 15 is 0 Å². The molecule has 4 rings (SSSR count). The molecular formula is C21H25N3O3S. The van der Waals surface area contributed by atoms with E-state index < -0.39 is 5.54 Å². The molecule has 3 amide bonds. The maximum Gasteiger partial charge on any atom is 0.326 e. The summed E-state index contributed by atoms with van der Waals surface area (Å²) >= 11 is 1.79. The Balaban J connectivity index is 1.58. The summed E-state index contributed by atoms with van der Waals surface area (Å²) in [6, 6.07) is 9.36. The molecule has 0 unspecified atom stereocenters. The average molecular weight is 400 g/mol. The van der Waals surface area contributed by atoms with Crippen molar-refractivity contribution in [3.8, 4) is 5.75 Å². The van der Waals surface area contributed by atoms with Crippen LogP contribution in [0.25, 0.3) is 0 Å². The number of fused-ring (bicyclic) bond motifs is 1. The number of thiophene rings is 1.